The van der Waals surface area contributed by atoms with Gasteiger partial charge in [-0.2, -0.15) is 4.98 Å². The predicted octanol–water partition coefficient (Wildman–Crippen LogP) is 7.31. The molecular formula is C36H40F2N6O2. The number of benzene rings is 2. The second-order valence-corrected chi connectivity index (χ2v) is 11.2. The number of rotatable bonds is 13. The highest BCUT2D eigenvalue weighted by Crippen LogP contribution is 2.39. The van der Waals surface area contributed by atoms with Crippen LogP contribution in [0.25, 0.3) is 17.0 Å². The first-order valence-corrected chi connectivity index (χ1v) is 15.6. The first-order valence-electron chi connectivity index (χ1n) is 15.6. The number of nitrogens with one attached hydrogen (secondary N) is 2. The van der Waals surface area contributed by atoms with E-state index in [0.29, 0.717) is 30.0 Å². The van der Waals surface area contributed by atoms with E-state index in [9.17, 15) is 4.79 Å². The largest absolute Gasteiger partial charge is 0.465 e. The zero-order chi connectivity index (χ0) is 32.8. The molecule has 8 nitrogen and oxygen atoms in total. The van der Waals surface area contributed by atoms with Crippen LogP contribution in [0.1, 0.15) is 48.5 Å². The Morgan fingerprint density at radius 3 is 2.52 bits per heavy atom. The molecule has 2 aromatic carbocycles. The molecule has 0 aliphatic carbocycles. The van der Waals surface area contributed by atoms with Gasteiger partial charge in [-0.3, -0.25) is 9.69 Å². The third-order valence-electron chi connectivity index (χ3n) is 8.10. The average molecular weight is 627 g/mol. The second-order valence-electron chi connectivity index (χ2n) is 11.2. The lowest BCUT2D eigenvalue weighted by Crippen LogP contribution is -2.28. The fraction of sp³-hybridized carbons (Fsp3) is 0.306. The predicted molar refractivity (Wildman–Crippen MR) is 179 cm³/mol. The molecule has 3 heterocycles. The van der Waals surface area contributed by atoms with E-state index in [1.54, 1.807) is 6.08 Å². The van der Waals surface area contributed by atoms with Crippen LogP contribution in [0.2, 0.25) is 0 Å². The highest BCUT2D eigenvalue weighted by molar-refractivity contribution is 6.08. The van der Waals surface area contributed by atoms with Gasteiger partial charge in [0.15, 0.2) is 0 Å². The third-order valence-corrected chi connectivity index (χ3v) is 8.10. The number of carbonyl (C=O) groups excluding carboxylic acids is 1. The lowest BCUT2D eigenvalue weighted by Gasteiger charge is -2.25. The summed E-state index contributed by atoms with van der Waals surface area (Å²) in [7, 11) is 0. The van der Waals surface area contributed by atoms with E-state index in [1.165, 1.54) is 12.1 Å². The van der Waals surface area contributed by atoms with Gasteiger partial charge in [0, 0.05) is 29.4 Å². The number of halogens is 2. The zero-order valence-electron chi connectivity index (χ0n) is 26.8. The standard InChI is InChI=1S/C36H40F2N6O2/c1-6-43(7-2)20-10-19-39-36-41-33(29-21-26(17-15-23(29)3)25(5)40-22-27-18-16-24(4)46-27)28-11-8-14-32(45)44(35(28)42-36)34-30(37)12-9-13-31(34)38/h8-9,12-18,21,40H,5-7,10-11,19-20,22H2,1-4H3,(H,39,41,42). The summed E-state index contributed by atoms with van der Waals surface area (Å²) in [6.07, 6.45) is 4.11. The lowest BCUT2D eigenvalue weighted by molar-refractivity contribution is -0.113. The Morgan fingerprint density at radius 2 is 1.83 bits per heavy atom. The van der Waals surface area contributed by atoms with Crippen LogP contribution in [0.3, 0.4) is 0 Å². The smallest absolute Gasteiger partial charge is 0.256 e. The van der Waals surface area contributed by atoms with Crippen molar-refractivity contribution in [1.82, 2.24) is 20.2 Å². The zero-order valence-corrected chi connectivity index (χ0v) is 26.8. The van der Waals surface area contributed by atoms with Crippen molar-refractivity contribution in [2.45, 2.75) is 47.1 Å². The molecule has 0 radical (unpaired) electrons. The Bertz CT molecular complexity index is 1740. The molecule has 1 aliphatic heterocycles. The lowest BCUT2D eigenvalue weighted by atomic mass is 9.96. The summed E-state index contributed by atoms with van der Waals surface area (Å²) < 4.78 is 36.1. The number of anilines is 3. The Labute approximate surface area is 268 Å². The molecule has 1 amide bonds. The van der Waals surface area contributed by atoms with Crippen molar-refractivity contribution < 1.29 is 18.0 Å². The van der Waals surface area contributed by atoms with Gasteiger partial charge >= 0.3 is 0 Å². The third kappa shape index (κ3) is 7.18. The number of furan rings is 1. The van der Waals surface area contributed by atoms with Gasteiger partial charge in [-0.15, -0.1) is 0 Å². The van der Waals surface area contributed by atoms with E-state index >= 15 is 8.78 Å². The summed E-state index contributed by atoms with van der Waals surface area (Å²) in [5.41, 5.74) is 3.89. The van der Waals surface area contributed by atoms with Crippen molar-refractivity contribution in [3.05, 3.63) is 107 Å². The van der Waals surface area contributed by atoms with Crippen molar-refractivity contribution in [2.24, 2.45) is 0 Å². The minimum absolute atomic E-state index is 0.130. The average Bonchev–Trinajstić information content (AvgIpc) is 3.39. The van der Waals surface area contributed by atoms with Gasteiger partial charge in [0.2, 0.25) is 5.95 Å². The van der Waals surface area contributed by atoms with Crippen molar-refractivity contribution in [2.75, 3.05) is 36.4 Å². The van der Waals surface area contributed by atoms with Crippen molar-refractivity contribution in [3.8, 4) is 11.3 Å². The van der Waals surface area contributed by atoms with Gasteiger partial charge in [-0.25, -0.2) is 13.8 Å². The Balaban J connectivity index is 1.58. The maximum absolute atomic E-state index is 15.2. The number of carbonyl (C=O) groups is 1. The fourth-order valence-electron chi connectivity index (χ4n) is 5.51. The number of fused-ring (bicyclic) bond motifs is 1. The number of hydrogen-bond acceptors (Lipinski definition) is 7. The molecule has 2 aromatic heterocycles. The van der Waals surface area contributed by atoms with Gasteiger partial charge in [0.25, 0.3) is 5.91 Å². The number of aryl methyl sites for hydroxylation is 2. The van der Waals surface area contributed by atoms with E-state index in [0.717, 1.165) is 71.3 Å². The molecule has 0 spiro atoms. The van der Waals surface area contributed by atoms with E-state index in [1.807, 2.05) is 44.2 Å². The summed E-state index contributed by atoms with van der Waals surface area (Å²) in [6, 6.07) is 13.3. The minimum Gasteiger partial charge on any atom is -0.465 e. The number of aromatic nitrogens is 2. The van der Waals surface area contributed by atoms with Crippen molar-refractivity contribution in [1.29, 1.82) is 0 Å². The fourth-order valence-corrected chi connectivity index (χ4v) is 5.51. The van der Waals surface area contributed by atoms with E-state index in [-0.39, 0.29) is 18.2 Å². The Morgan fingerprint density at radius 1 is 1.07 bits per heavy atom. The van der Waals surface area contributed by atoms with E-state index < -0.39 is 23.2 Å². The van der Waals surface area contributed by atoms with Gasteiger partial charge in [-0.1, -0.05) is 44.7 Å². The topological polar surface area (TPSA) is 86.5 Å². The maximum atomic E-state index is 15.2. The number of allylic oxidation sites excluding steroid dienone is 1. The summed E-state index contributed by atoms with van der Waals surface area (Å²) in [5.74, 6) is -0.313. The van der Waals surface area contributed by atoms with Crippen molar-refractivity contribution >= 4 is 29.1 Å². The number of hydrogen-bond donors (Lipinski definition) is 2. The molecule has 4 aromatic rings. The molecule has 0 unspecified atom stereocenters. The first kappa shape index (κ1) is 32.6. The Hall–Kier alpha value is -4.83. The number of amides is 1. The molecule has 5 rings (SSSR count). The summed E-state index contributed by atoms with van der Waals surface area (Å²) >= 11 is 0. The van der Waals surface area contributed by atoms with Crippen LogP contribution >= 0.6 is 0 Å². The molecule has 0 bridgehead atoms. The van der Waals surface area contributed by atoms with Gasteiger partial charge in [0.1, 0.15) is 34.7 Å². The van der Waals surface area contributed by atoms with Gasteiger partial charge in [0.05, 0.1) is 12.2 Å². The Kier molecular flexibility index (Phi) is 10.3. The molecule has 2 N–H and O–H groups in total. The molecule has 1 aliphatic rings. The first-order chi connectivity index (χ1) is 22.2. The summed E-state index contributed by atoms with van der Waals surface area (Å²) in [6.45, 7) is 16.2. The van der Waals surface area contributed by atoms with Crippen LogP contribution in [-0.2, 0) is 17.8 Å². The molecule has 10 heteroatoms. The SMILES string of the molecule is C=C(NCc1ccc(C)o1)c1ccc(C)c(-c2nc(NCCCN(CC)CC)nc3c2CC=CC(=O)N3c2c(F)cccc2F)c1. The highest BCUT2D eigenvalue weighted by atomic mass is 19.1. The molecule has 0 atom stereocenters. The van der Waals surface area contributed by atoms with E-state index in [4.69, 9.17) is 14.4 Å². The van der Waals surface area contributed by atoms with E-state index in [2.05, 4.69) is 36.0 Å². The van der Waals surface area contributed by atoms with Gasteiger partial charge in [-0.05, 0) is 87.8 Å². The number of para-hydroxylation sites is 1. The normalized spacial score (nSPS) is 12.8. The number of nitrogens with zero attached hydrogens (tertiary/aromatic N) is 4. The van der Waals surface area contributed by atoms with Gasteiger partial charge < -0.3 is 20.0 Å². The molecular weight excluding hydrogens is 586 g/mol. The minimum atomic E-state index is -0.865. The summed E-state index contributed by atoms with van der Waals surface area (Å²) in [4.78, 5) is 26.4. The monoisotopic (exact) mass is 626 g/mol. The molecule has 0 fully saturated rings. The second kappa shape index (κ2) is 14.5. The molecule has 240 valence electrons. The van der Waals surface area contributed by atoms with Crippen LogP contribution in [0.5, 0.6) is 0 Å². The molecule has 46 heavy (non-hydrogen) atoms. The van der Waals surface area contributed by atoms with Crippen LogP contribution in [0.15, 0.2) is 71.7 Å². The molecule has 0 saturated carbocycles. The molecule has 0 saturated heterocycles. The van der Waals surface area contributed by atoms with Crippen LogP contribution in [0, 0.1) is 25.5 Å². The van der Waals surface area contributed by atoms with Crippen LogP contribution in [-0.4, -0.2) is 47.0 Å². The van der Waals surface area contributed by atoms with Crippen LogP contribution in [0.4, 0.5) is 26.2 Å². The summed E-state index contributed by atoms with van der Waals surface area (Å²) in [5, 5.41) is 6.63. The quantitative estimate of drug-likeness (QED) is 0.151. The maximum Gasteiger partial charge on any atom is 0.256 e. The highest BCUT2D eigenvalue weighted by Gasteiger charge is 2.31. The van der Waals surface area contributed by atoms with Crippen LogP contribution < -0.4 is 15.5 Å². The van der Waals surface area contributed by atoms with Crippen molar-refractivity contribution in [3.63, 3.8) is 0 Å².